The van der Waals surface area contributed by atoms with Crippen LogP contribution in [0.2, 0.25) is 0 Å². The van der Waals surface area contributed by atoms with Gasteiger partial charge in [-0.2, -0.15) is 5.10 Å². The molecule has 1 saturated carbocycles. The van der Waals surface area contributed by atoms with Crippen molar-refractivity contribution in [1.29, 1.82) is 0 Å². The van der Waals surface area contributed by atoms with E-state index in [1.54, 1.807) is 10.9 Å². The molecule has 3 unspecified atom stereocenters. The van der Waals surface area contributed by atoms with Crippen molar-refractivity contribution < 1.29 is 4.79 Å². The number of carbonyl (C=O) groups excluding carboxylic acids is 1. The number of aromatic nitrogens is 4. The summed E-state index contributed by atoms with van der Waals surface area (Å²) >= 11 is 1.45. The van der Waals surface area contributed by atoms with E-state index in [9.17, 15) is 4.79 Å². The number of fused-ring (bicyclic) bond motifs is 1. The first kappa shape index (κ1) is 16.2. The van der Waals surface area contributed by atoms with Crippen molar-refractivity contribution in [3.05, 3.63) is 12.5 Å². The molecule has 0 spiro atoms. The summed E-state index contributed by atoms with van der Waals surface area (Å²) in [4.78, 5) is 20.8. The van der Waals surface area contributed by atoms with E-state index in [-0.39, 0.29) is 5.91 Å². The first-order valence-electron chi connectivity index (χ1n) is 8.11. The highest BCUT2D eigenvalue weighted by atomic mass is 32.2. The summed E-state index contributed by atoms with van der Waals surface area (Å²) in [6.07, 6.45) is 6.83. The first-order valence-corrected chi connectivity index (χ1v) is 9.09. The average molecular weight is 333 g/mol. The third-order valence-corrected chi connectivity index (χ3v) is 5.89. The van der Waals surface area contributed by atoms with Crippen LogP contribution in [0.3, 0.4) is 0 Å². The van der Waals surface area contributed by atoms with Gasteiger partial charge >= 0.3 is 0 Å². The fourth-order valence-electron chi connectivity index (χ4n) is 3.22. The second kappa shape index (κ2) is 6.86. The lowest BCUT2D eigenvalue weighted by molar-refractivity contribution is -0.119. The molecular formula is C16H23N5OS. The van der Waals surface area contributed by atoms with Crippen molar-refractivity contribution in [2.45, 2.75) is 44.2 Å². The molecule has 2 aromatic rings. The van der Waals surface area contributed by atoms with Crippen LogP contribution in [0.15, 0.2) is 17.6 Å². The summed E-state index contributed by atoms with van der Waals surface area (Å²) in [5, 5.41) is 9.10. The van der Waals surface area contributed by atoms with Crippen LogP contribution >= 0.6 is 11.8 Å². The van der Waals surface area contributed by atoms with Gasteiger partial charge in [0.15, 0.2) is 5.65 Å². The molecule has 7 heteroatoms. The van der Waals surface area contributed by atoms with Gasteiger partial charge in [-0.15, -0.1) is 0 Å². The monoisotopic (exact) mass is 333 g/mol. The van der Waals surface area contributed by atoms with Gasteiger partial charge in [0.25, 0.3) is 0 Å². The van der Waals surface area contributed by atoms with E-state index < -0.39 is 0 Å². The van der Waals surface area contributed by atoms with Crippen LogP contribution in [0.4, 0.5) is 0 Å². The van der Waals surface area contributed by atoms with E-state index in [4.69, 9.17) is 0 Å². The Labute approximate surface area is 140 Å². The van der Waals surface area contributed by atoms with Crippen molar-refractivity contribution >= 4 is 28.7 Å². The predicted octanol–water partition coefficient (Wildman–Crippen LogP) is 2.40. The summed E-state index contributed by atoms with van der Waals surface area (Å²) in [6, 6.07) is 0.302. The molecule has 3 atom stereocenters. The molecule has 1 aliphatic rings. The molecule has 0 bridgehead atoms. The number of nitrogens with one attached hydrogen (secondary N) is 1. The maximum Gasteiger partial charge on any atom is 0.230 e. The SMILES string of the molecule is CC1CCCC(NC(=O)CSc2ncnc3c2cnn3C)C1C. The normalized spacial score (nSPS) is 24.7. The number of hydrogen-bond acceptors (Lipinski definition) is 5. The fraction of sp³-hybridized carbons (Fsp3) is 0.625. The van der Waals surface area contributed by atoms with Crippen LogP contribution in [0, 0.1) is 11.8 Å². The Hall–Kier alpha value is -1.63. The molecule has 23 heavy (non-hydrogen) atoms. The van der Waals surface area contributed by atoms with Gasteiger partial charge in [0.2, 0.25) is 5.91 Å². The van der Waals surface area contributed by atoms with Crippen LogP contribution in [0.1, 0.15) is 33.1 Å². The fourth-order valence-corrected chi connectivity index (χ4v) is 4.00. The van der Waals surface area contributed by atoms with Gasteiger partial charge in [-0.25, -0.2) is 9.97 Å². The molecule has 2 aromatic heterocycles. The first-order chi connectivity index (χ1) is 11.1. The summed E-state index contributed by atoms with van der Waals surface area (Å²) in [5.74, 6) is 1.68. The minimum absolute atomic E-state index is 0.0802. The Morgan fingerprint density at radius 3 is 3.04 bits per heavy atom. The largest absolute Gasteiger partial charge is 0.352 e. The maximum absolute atomic E-state index is 12.3. The van der Waals surface area contributed by atoms with E-state index in [0.717, 1.165) is 22.5 Å². The minimum atomic E-state index is 0.0802. The minimum Gasteiger partial charge on any atom is -0.352 e. The lowest BCUT2D eigenvalue weighted by Crippen LogP contribution is -2.44. The van der Waals surface area contributed by atoms with Crippen LogP contribution in [-0.2, 0) is 11.8 Å². The van der Waals surface area contributed by atoms with E-state index in [1.807, 2.05) is 7.05 Å². The number of rotatable bonds is 4. The number of nitrogens with zero attached hydrogens (tertiary/aromatic N) is 4. The van der Waals surface area contributed by atoms with E-state index in [0.29, 0.717) is 23.6 Å². The zero-order valence-corrected chi connectivity index (χ0v) is 14.6. The third kappa shape index (κ3) is 3.49. The molecule has 0 saturated heterocycles. The summed E-state index contributed by atoms with van der Waals surface area (Å²) in [7, 11) is 1.85. The van der Waals surface area contributed by atoms with Crippen LogP contribution in [0.5, 0.6) is 0 Å². The van der Waals surface area contributed by atoms with E-state index >= 15 is 0 Å². The number of hydrogen-bond donors (Lipinski definition) is 1. The zero-order valence-electron chi connectivity index (χ0n) is 13.8. The van der Waals surface area contributed by atoms with Crippen LogP contribution in [0.25, 0.3) is 11.0 Å². The summed E-state index contributed by atoms with van der Waals surface area (Å²) in [5.41, 5.74) is 0.789. The predicted molar refractivity (Wildman–Crippen MR) is 91.1 cm³/mol. The standard InChI is InChI=1S/C16H23N5OS/c1-10-5-4-6-13(11(10)2)20-14(22)8-23-16-12-7-19-21(3)15(12)17-9-18-16/h7,9-11,13H,4-6,8H2,1-3H3,(H,20,22). The Balaban J connectivity index is 1.60. The van der Waals surface area contributed by atoms with Gasteiger partial charge in [0.1, 0.15) is 11.4 Å². The molecule has 2 heterocycles. The molecule has 3 rings (SSSR count). The maximum atomic E-state index is 12.3. The van der Waals surface area contributed by atoms with Crippen LogP contribution in [-0.4, -0.2) is 37.5 Å². The highest BCUT2D eigenvalue weighted by molar-refractivity contribution is 8.00. The van der Waals surface area contributed by atoms with Crippen molar-refractivity contribution in [3.63, 3.8) is 0 Å². The lowest BCUT2D eigenvalue weighted by Gasteiger charge is -2.34. The molecule has 124 valence electrons. The number of carbonyl (C=O) groups is 1. The molecule has 1 amide bonds. The van der Waals surface area contributed by atoms with Crippen molar-refractivity contribution in [1.82, 2.24) is 25.1 Å². The molecule has 1 fully saturated rings. The zero-order chi connectivity index (χ0) is 16.4. The molecule has 0 aromatic carbocycles. The van der Waals surface area contributed by atoms with Crippen molar-refractivity contribution in [3.8, 4) is 0 Å². The Morgan fingerprint density at radius 1 is 1.39 bits per heavy atom. The molecular weight excluding hydrogens is 310 g/mol. The topological polar surface area (TPSA) is 72.7 Å². The Bertz CT molecular complexity index is 701. The Kier molecular flexibility index (Phi) is 4.84. The van der Waals surface area contributed by atoms with Gasteiger partial charge in [-0.3, -0.25) is 9.48 Å². The molecule has 0 radical (unpaired) electrons. The van der Waals surface area contributed by atoms with Gasteiger partial charge in [0.05, 0.1) is 17.3 Å². The molecule has 1 N–H and O–H groups in total. The van der Waals surface area contributed by atoms with Crippen molar-refractivity contribution in [2.24, 2.45) is 18.9 Å². The number of aryl methyl sites for hydroxylation is 1. The highest BCUT2D eigenvalue weighted by Crippen LogP contribution is 2.30. The van der Waals surface area contributed by atoms with Crippen molar-refractivity contribution in [2.75, 3.05) is 5.75 Å². The number of thioether (sulfide) groups is 1. The van der Waals surface area contributed by atoms with E-state index in [2.05, 4.69) is 34.2 Å². The van der Waals surface area contributed by atoms with E-state index in [1.165, 1.54) is 30.9 Å². The molecule has 0 aliphatic heterocycles. The van der Waals surface area contributed by atoms with Gasteiger partial charge < -0.3 is 5.32 Å². The third-order valence-electron chi connectivity index (χ3n) is 4.89. The van der Waals surface area contributed by atoms with Gasteiger partial charge in [-0.05, 0) is 18.3 Å². The average Bonchev–Trinajstić information content (AvgIpc) is 2.92. The molecule has 6 nitrogen and oxygen atoms in total. The quantitative estimate of drug-likeness (QED) is 0.687. The summed E-state index contributed by atoms with van der Waals surface area (Å²) < 4.78 is 1.71. The second-order valence-electron chi connectivity index (χ2n) is 6.41. The smallest absolute Gasteiger partial charge is 0.230 e. The lowest BCUT2D eigenvalue weighted by atomic mass is 9.78. The highest BCUT2D eigenvalue weighted by Gasteiger charge is 2.28. The van der Waals surface area contributed by atoms with Crippen LogP contribution < -0.4 is 5.32 Å². The van der Waals surface area contributed by atoms with Gasteiger partial charge in [0, 0.05) is 13.1 Å². The Morgan fingerprint density at radius 2 is 2.22 bits per heavy atom. The molecule has 1 aliphatic carbocycles. The number of amides is 1. The summed E-state index contributed by atoms with van der Waals surface area (Å²) in [6.45, 7) is 4.52. The van der Waals surface area contributed by atoms with Gasteiger partial charge in [-0.1, -0.05) is 38.5 Å². The second-order valence-corrected chi connectivity index (χ2v) is 7.38.